The van der Waals surface area contributed by atoms with Gasteiger partial charge in [0, 0.05) is 6.61 Å². The molecule has 1 saturated carbocycles. The highest BCUT2D eigenvalue weighted by Gasteiger charge is 2.32. The van der Waals surface area contributed by atoms with Crippen molar-refractivity contribution in [3.8, 4) is 0 Å². The Balaban J connectivity index is 2.65. The van der Waals surface area contributed by atoms with Crippen LogP contribution in [0.5, 0.6) is 0 Å². The van der Waals surface area contributed by atoms with Crippen LogP contribution in [0.2, 0.25) is 0 Å². The fourth-order valence-corrected chi connectivity index (χ4v) is 3.62. The van der Waals surface area contributed by atoms with Gasteiger partial charge in [-0.05, 0) is 19.3 Å². The van der Waals surface area contributed by atoms with Gasteiger partial charge in [-0.1, -0.05) is 12.8 Å². The molecular weight excluding hydrogens is 234 g/mol. The molecule has 0 aromatic carbocycles. The van der Waals surface area contributed by atoms with Gasteiger partial charge >= 0.3 is 5.97 Å². The molecule has 1 aliphatic carbocycles. The third kappa shape index (κ3) is 3.43. The highest BCUT2D eigenvalue weighted by molar-refractivity contribution is 7.90. The lowest BCUT2D eigenvalue weighted by molar-refractivity contribution is -0.139. The standard InChI is InChI=1S/C9H17NO5S/c11-6-5-8(9(12)13)10-16(14,15)7-3-1-2-4-7/h7-8,10-11H,1-6H2,(H,12,13)/t8-/m0/s1. The smallest absolute Gasteiger partial charge is 0.321 e. The monoisotopic (exact) mass is 251 g/mol. The first-order valence-corrected chi connectivity index (χ1v) is 6.87. The number of aliphatic carboxylic acids is 1. The van der Waals surface area contributed by atoms with E-state index in [1.165, 1.54) is 0 Å². The summed E-state index contributed by atoms with van der Waals surface area (Å²) in [6, 6.07) is -1.23. The normalized spacial score (nSPS) is 19.8. The molecule has 0 unspecified atom stereocenters. The maximum absolute atomic E-state index is 11.8. The molecule has 1 rings (SSSR count). The largest absolute Gasteiger partial charge is 0.480 e. The lowest BCUT2D eigenvalue weighted by atomic mass is 10.2. The van der Waals surface area contributed by atoms with E-state index in [9.17, 15) is 13.2 Å². The van der Waals surface area contributed by atoms with Crippen LogP contribution in [0.15, 0.2) is 0 Å². The summed E-state index contributed by atoms with van der Waals surface area (Å²) in [5, 5.41) is 16.9. The average Bonchev–Trinajstić information content (AvgIpc) is 2.69. The lowest BCUT2D eigenvalue weighted by Gasteiger charge is -2.17. The minimum absolute atomic E-state index is 0.110. The number of carboxylic acid groups (broad SMARTS) is 1. The van der Waals surface area contributed by atoms with Crippen molar-refractivity contribution in [2.75, 3.05) is 6.61 Å². The minimum atomic E-state index is -3.57. The van der Waals surface area contributed by atoms with E-state index in [0.29, 0.717) is 12.8 Å². The number of aliphatic hydroxyl groups excluding tert-OH is 1. The highest BCUT2D eigenvalue weighted by Crippen LogP contribution is 2.24. The van der Waals surface area contributed by atoms with Crippen LogP contribution in [0.25, 0.3) is 0 Å². The van der Waals surface area contributed by atoms with Crippen molar-refractivity contribution >= 4 is 16.0 Å². The minimum Gasteiger partial charge on any atom is -0.480 e. The van der Waals surface area contributed by atoms with Crippen LogP contribution in [-0.2, 0) is 14.8 Å². The summed E-state index contributed by atoms with van der Waals surface area (Å²) < 4.78 is 25.7. The van der Waals surface area contributed by atoms with Crippen LogP contribution in [-0.4, -0.2) is 42.5 Å². The Hall–Kier alpha value is -0.660. The third-order valence-electron chi connectivity index (χ3n) is 2.76. The summed E-state index contributed by atoms with van der Waals surface area (Å²) in [5.74, 6) is -1.25. The molecule has 0 spiro atoms. The predicted molar refractivity (Wildman–Crippen MR) is 57.4 cm³/mol. The van der Waals surface area contributed by atoms with E-state index in [1.807, 2.05) is 0 Å². The van der Waals surface area contributed by atoms with Crippen molar-refractivity contribution in [3.63, 3.8) is 0 Å². The number of hydrogen-bond donors (Lipinski definition) is 3. The maximum Gasteiger partial charge on any atom is 0.321 e. The molecule has 0 heterocycles. The second kappa shape index (κ2) is 5.60. The molecule has 1 aliphatic rings. The maximum atomic E-state index is 11.8. The molecule has 0 aromatic heterocycles. The van der Waals surface area contributed by atoms with Crippen LogP contribution < -0.4 is 4.72 Å². The van der Waals surface area contributed by atoms with Crippen LogP contribution in [0.1, 0.15) is 32.1 Å². The molecule has 0 amide bonds. The number of nitrogens with one attached hydrogen (secondary N) is 1. The summed E-state index contributed by atoms with van der Waals surface area (Å²) in [4.78, 5) is 10.7. The molecular formula is C9H17NO5S. The molecule has 7 heteroatoms. The van der Waals surface area contributed by atoms with Crippen molar-refractivity contribution in [1.29, 1.82) is 0 Å². The Bertz CT molecular complexity index is 334. The van der Waals surface area contributed by atoms with E-state index in [1.54, 1.807) is 0 Å². The zero-order chi connectivity index (χ0) is 12.2. The molecule has 0 aromatic rings. The molecule has 94 valence electrons. The van der Waals surface area contributed by atoms with E-state index >= 15 is 0 Å². The second-order valence-electron chi connectivity index (χ2n) is 3.97. The zero-order valence-corrected chi connectivity index (χ0v) is 9.74. The highest BCUT2D eigenvalue weighted by atomic mass is 32.2. The van der Waals surface area contributed by atoms with Crippen molar-refractivity contribution in [3.05, 3.63) is 0 Å². The van der Waals surface area contributed by atoms with Gasteiger partial charge in [-0.3, -0.25) is 4.79 Å². The molecule has 1 fully saturated rings. The Labute approximate surface area is 94.7 Å². The van der Waals surface area contributed by atoms with Crippen LogP contribution in [0.3, 0.4) is 0 Å². The third-order valence-corrected chi connectivity index (χ3v) is 4.73. The average molecular weight is 251 g/mol. The number of carboxylic acids is 1. The van der Waals surface area contributed by atoms with Crippen molar-refractivity contribution < 1.29 is 23.4 Å². The van der Waals surface area contributed by atoms with Gasteiger partial charge < -0.3 is 10.2 Å². The molecule has 16 heavy (non-hydrogen) atoms. The molecule has 0 radical (unpaired) electrons. The SMILES string of the molecule is O=C(O)[C@H](CCO)NS(=O)(=O)C1CCCC1. The van der Waals surface area contributed by atoms with E-state index in [-0.39, 0.29) is 13.0 Å². The number of sulfonamides is 1. The Morgan fingerprint density at radius 1 is 1.38 bits per heavy atom. The lowest BCUT2D eigenvalue weighted by Crippen LogP contribution is -2.44. The summed E-state index contributed by atoms with van der Waals surface area (Å²) in [6.07, 6.45) is 2.79. The van der Waals surface area contributed by atoms with Crippen molar-refractivity contribution in [1.82, 2.24) is 4.72 Å². The Morgan fingerprint density at radius 3 is 2.38 bits per heavy atom. The first-order valence-electron chi connectivity index (χ1n) is 5.32. The summed E-state index contributed by atoms with van der Waals surface area (Å²) in [7, 11) is -3.57. The number of hydrogen-bond acceptors (Lipinski definition) is 4. The first kappa shape index (κ1) is 13.4. The Kier molecular flexibility index (Phi) is 4.69. The van der Waals surface area contributed by atoms with Gasteiger partial charge in [0.15, 0.2) is 0 Å². The second-order valence-corrected chi connectivity index (χ2v) is 5.96. The van der Waals surface area contributed by atoms with Crippen molar-refractivity contribution in [2.24, 2.45) is 0 Å². The quantitative estimate of drug-likeness (QED) is 0.600. The molecule has 1 atom stereocenters. The fourth-order valence-electron chi connectivity index (χ4n) is 1.86. The van der Waals surface area contributed by atoms with Crippen LogP contribution in [0.4, 0.5) is 0 Å². The molecule has 0 aliphatic heterocycles. The van der Waals surface area contributed by atoms with Gasteiger partial charge in [-0.2, -0.15) is 0 Å². The van der Waals surface area contributed by atoms with Gasteiger partial charge in [0.1, 0.15) is 6.04 Å². The summed E-state index contributed by atoms with van der Waals surface area (Å²) >= 11 is 0. The van der Waals surface area contributed by atoms with Crippen LogP contribution >= 0.6 is 0 Å². The summed E-state index contributed by atoms with van der Waals surface area (Å²) in [5.41, 5.74) is 0. The fraction of sp³-hybridized carbons (Fsp3) is 0.889. The van der Waals surface area contributed by atoms with E-state index in [4.69, 9.17) is 10.2 Å². The Morgan fingerprint density at radius 2 is 1.94 bits per heavy atom. The van der Waals surface area contributed by atoms with Gasteiger partial charge in [-0.15, -0.1) is 0 Å². The van der Waals surface area contributed by atoms with E-state index in [2.05, 4.69) is 4.72 Å². The first-order chi connectivity index (χ1) is 7.47. The van der Waals surface area contributed by atoms with E-state index < -0.39 is 27.3 Å². The molecule has 0 bridgehead atoms. The van der Waals surface area contributed by atoms with Crippen molar-refractivity contribution in [2.45, 2.75) is 43.4 Å². The number of carbonyl (C=O) groups is 1. The topological polar surface area (TPSA) is 104 Å². The zero-order valence-electron chi connectivity index (χ0n) is 8.92. The van der Waals surface area contributed by atoms with Gasteiger partial charge in [0.2, 0.25) is 10.0 Å². The van der Waals surface area contributed by atoms with Gasteiger partial charge in [0.05, 0.1) is 5.25 Å². The van der Waals surface area contributed by atoms with Gasteiger partial charge in [-0.25, -0.2) is 13.1 Å². The molecule has 0 saturated heterocycles. The molecule has 6 nitrogen and oxygen atoms in total. The van der Waals surface area contributed by atoms with Crippen LogP contribution in [0, 0.1) is 0 Å². The van der Waals surface area contributed by atoms with E-state index in [0.717, 1.165) is 12.8 Å². The number of aliphatic hydroxyl groups is 1. The number of rotatable bonds is 6. The molecule has 3 N–H and O–H groups in total. The predicted octanol–water partition coefficient (Wildman–Crippen LogP) is -0.316. The van der Waals surface area contributed by atoms with Gasteiger partial charge in [0.25, 0.3) is 0 Å². The summed E-state index contributed by atoms with van der Waals surface area (Å²) in [6.45, 7) is -0.357.